The van der Waals surface area contributed by atoms with Crippen LogP contribution in [-0.4, -0.2) is 24.0 Å². The lowest BCUT2D eigenvalue weighted by Gasteiger charge is -2.42. The number of piperidine rings is 1. The van der Waals surface area contributed by atoms with E-state index in [0.717, 1.165) is 12.0 Å². The zero-order chi connectivity index (χ0) is 10.2. The Morgan fingerprint density at radius 2 is 2.00 bits per heavy atom. The van der Waals surface area contributed by atoms with Crippen LogP contribution in [0.15, 0.2) is 0 Å². The molecule has 14 heavy (non-hydrogen) atoms. The number of hydrogen-bond donors (Lipinski definition) is 0. The van der Waals surface area contributed by atoms with Gasteiger partial charge in [-0.3, -0.25) is 0 Å². The summed E-state index contributed by atoms with van der Waals surface area (Å²) in [5, 5.41) is 0. The summed E-state index contributed by atoms with van der Waals surface area (Å²) in [6, 6.07) is 0.957. The molecule has 0 aliphatic carbocycles. The second-order valence-corrected chi connectivity index (χ2v) is 5.91. The van der Waals surface area contributed by atoms with Crippen LogP contribution in [-0.2, 0) is 0 Å². The lowest BCUT2D eigenvalue weighted by Crippen LogP contribution is -2.43. The van der Waals surface area contributed by atoms with Crippen LogP contribution in [0.3, 0.4) is 0 Å². The Bertz CT molecular complexity index is 197. The van der Waals surface area contributed by atoms with E-state index in [1.165, 1.54) is 45.2 Å². The standard InChI is InChI=1S/C13H25N/c1-4-13(2,3)11-7-8-12-6-5-9-14(12)10-11/h11-12H,4-10H2,1-3H3. The molecule has 2 unspecified atom stereocenters. The van der Waals surface area contributed by atoms with Gasteiger partial charge in [-0.15, -0.1) is 0 Å². The van der Waals surface area contributed by atoms with E-state index in [9.17, 15) is 0 Å². The van der Waals surface area contributed by atoms with E-state index < -0.39 is 0 Å². The summed E-state index contributed by atoms with van der Waals surface area (Å²) in [5.41, 5.74) is 0.563. The summed E-state index contributed by atoms with van der Waals surface area (Å²) in [6.45, 7) is 10.0. The molecule has 0 bridgehead atoms. The number of nitrogens with zero attached hydrogens (tertiary/aromatic N) is 1. The van der Waals surface area contributed by atoms with Crippen molar-refractivity contribution >= 4 is 0 Å². The molecule has 0 amide bonds. The van der Waals surface area contributed by atoms with Crippen LogP contribution < -0.4 is 0 Å². The predicted molar refractivity (Wildman–Crippen MR) is 61.4 cm³/mol. The molecule has 82 valence electrons. The normalized spacial score (nSPS) is 34.5. The molecule has 0 N–H and O–H groups in total. The molecule has 0 aromatic carbocycles. The molecule has 2 rings (SSSR count). The van der Waals surface area contributed by atoms with E-state index in [0.29, 0.717) is 5.41 Å². The van der Waals surface area contributed by atoms with Gasteiger partial charge < -0.3 is 4.90 Å². The predicted octanol–water partition coefficient (Wildman–Crippen LogP) is 3.30. The van der Waals surface area contributed by atoms with Crippen molar-refractivity contribution in [1.29, 1.82) is 0 Å². The Hall–Kier alpha value is -0.0400. The van der Waals surface area contributed by atoms with Crippen LogP contribution in [0.25, 0.3) is 0 Å². The minimum absolute atomic E-state index is 0.563. The Kier molecular flexibility index (Phi) is 2.88. The van der Waals surface area contributed by atoms with Crippen LogP contribution in [0.1, 0.15) is 52.9 Å². The maximum atomic E-state index is 2.76. The summed E-state index contributed by atoms with van der Waals surface area (Å²) in [4.78, 5) is 2.76. The number of hydrogen-bond acceptors (Lipinski definition) is 1. The van der Waals surface area contributed by atoms with Crippen molar-refractivity contribution in [2.24, 2.45) is 11.3 Å². The highest BCUT2D eigenvalue weighted by Gasteiger charge is 2.37. The fourth-order valence-electron chi connectivity index (χ4n) is 3.16. The van der Waals surface area contributed by atoms with E-state index in [1.54, 1.807) is 0 Å². The van der Waals surface area contributed by atoms with E-state index in [-0.39, 0.29) is 0 Å². The lowest BCUT2D eigenvalue weighted by molar-refractivity contribution is 0.0686. The summed E-state index contributed by atoms with van der Waals surface area (Å²) in [7, 11) is 0. The second-order valence-electron chi connectivity index (χ2n) is 5.91. The molecule has 0 spiro atoms. The molecule has 1 heteroatoms. The van der Waals surface area contributed by atoms with Gasteiger partial charge in [-0.2, -0.15) is 0 Å². The minimum atomic E-state index is 0.563. The van der Waals surface area contributed by atoms with Crippen molar-refractivity contribution in [2.45, 2.75) is 58.9 Å². The molecule has 2 aliphatic rings. The van der Waals surface area contributed by atoms with Gasteiger partial charge in [-0.05, 0) is 43.6 Å². The van der Waals surface area contributed by atoms with Crippen molar-refractivity contribution in [2.75, 3.05) is 13.1 Å². The molecule has 0 saturated carbocycles. The van der Waals surface area contributed by atoms with Gasteiger partial charge in [0.05, 0.1) is 0 Å². The summed E-state index contributed by atoms with van der Waals surface area (Å²) in [6.07, 6.45) is 7.19. The van der Waals surface area contributed by atoms with Crippen LogP contribution in [0.2, 0.25) is 0 Å². The molecule has 1 nitrogen and oxygen atoms in total. The minimum Gasteiger partial charge on any atom is -0.300 e. The maximum absolute atomic E-state index is 2.76. The highest BCUT2D eigenvalue weighted by molar-refractivity contribution is 4.90. The second kappa shape index (κ2) is 3.84. The maximum Gasteiger partial charge on any atom is 0.00959 e. The van der Waals surface area contributed by atoms with E-state index >= 15 is 0 Å². The van der Waals surface area contributed by atoms with Crippen LogP contribution in [0.5, 0.6) is 0 Å². The van der Waals surface area contributed by atoms with Gasteiger partial charge in [0, 0.05) is 12.6 Å². The van der Waals surface area contributed by atoms with Gasteiger partial charge in [-0.25, -0.2) is 0 Å². The topological polar surface area (TPSA) is 3.24 Å². The van der Waals surface area contributed by atoms with Crippen LogP contribution >= 0.6 is 0 Å². The first-order valence-corrected chi connectivity index (χ1v) is 6.37. The first kappa shape index (κ1) is 10.5. The van der Waals surface area contributed by atoms with Crippen molar-refractivity contribution < 1.29 is 0 Å². The molecule has 2 aliphatic heterocycles. The highest BCUT2D eigenvalue weighted by Crippen LogP contribution is 2.40. The van der Waals surface area contributed by atoms with E-state index in [4.69, 9.17) is 0 Å². The molecule has 0 radical (unpaired) electrons. The largest absolute Gasteiger partial charge is 0.300 e. The lowest BCUT2D eigenvalue weighted by atomic mass is 9.72. The average Bonchev–Trinajstić information content (AvgIpc) is 2.64. The van der Waals surface area contributed by atoms with Gasteiger partial charge in [0.15, 0.2) is 0 Å². The Morgan fingerprint density at radius 1 is 1.21 bits per heavy atom. The quantitative estimate of drug-likeness (QED) is 0.653. The van der Waals surface area contributed by atoms with Gasteiger partial charge in [0.1, 0.15) is 0 Å². The monoisotopic (exact) mass is 195 g/mol. The third-order valence-corrected chi connectivity index (χ3v) is 4.82. The van der Waals surface area contributed by atoms with Crippen molar-refractivity contribution in [3.8, 4) is 0 Å². The molecule has 2 fully saturated rings. The van der Waals surface area contributed by atoms with Gasteiger partial charge >= 0.3 is 0 Å². The zero-order valence-corrected chi connectivity index (χ0v) is 10.1. The Balaban J connectivity index is 1.97. The smallest absolute Gasteiger partial charge is 0.00959 e. The molecule has 2 heterocycles. The number of fused-ring (bicyclic) bond motifs is 1. The Morgan fingerprint density at radius 3 is 2.71 bits per heavy atom. The fraction of sp³-hybridized carbons (Fsp3) is 1.00. The van der Waals surface area contributed by atoms with Crippen LogP contribution in [0.4, 0.5) is 0 Å². The SMILES string of the molecule is CCC(C)(C)C1CCC2CCCN2C1. The van der Waals surface area contributed by atoms with Gasteiger partial charge in [0.25, 0.3) is 0 Å². The first-order chi connectivity index (χ1) is 6.63. The van der Waals surface area contributed by atoms with E-state index in [2.05, 4.69) is 25.7 Å². The first-order valence-electron chi connectivity index (χ1n) is 6.37. The molecular weight excluding hydrogens is 170 g/mol. The molecule has 0 aromatic rings. The van der Waals surface area contributed by atoms with E-state index in [1.807, 2.05) is 0 Å². The fourth-order valence-corrected chi connectivity index (χ4v) is 3.16. The number of rotatable bonds is 2. The Labute approximate surface area is 88.9 Å². The molecule has 0 aromatic heterocycles. The average molecular weight is 195 g/mol. The van der Waals surface area contributed by atoms with Crippen molar-refractivity contribution in [3.63, 3.8) is 0 Å². The summed E-state index contributed by atoms with van der Waals surface area (Å²) in [5.74, 6) is 0.946. The van der Waals surface area contributed by atoms with Gasteiger partial charge in [-0.1, -0.05) is 27.2 Å². The third-order valence-electron chi connectivity index (χ3n) is 4.82. The molecule has 2 saturated heterocycles. The highest BCUT2D eigenvalue weighted by atomic mass is 15.2. The zero-order valence-electron chi connectivity index (χ0n) is 10.1. The van der Waals surface area contributed by atoms with Crippen LogP contribution in [0, 0.1) is 11.3 Å². The molecular formula is C13H25N. The van der Waals surface area contributed by atoms with Crippen molar-refractivity contribution in [3.05, 3.63) is 0 Å². The summed E-state index contributed by atoms with van der Waals surface area (Å²) < 4.78 is 0. The molecule has 2 atom stereocenters. The van der Waals surface area contributed by atoms with Crippen molar-refractivity contribution in [1.82, 2.24) is 4.90 Å². The summed E-state index contributed by atoms with van der Waals surface area (Å²) >= 11 is 0. The van der Waals surface area contributed by atoms with Gasteiger partial charge in [0.2, 0.25) is 0 Å². The third kappa shape index (κ3) is 1.84.